The topological polar surface area (TPSA) is 61.4 Å². The summed E-state index contributed by atoms with van der Waals surface area (Å²) in [7, 11) is -3.24. The lowest BCUT2D eigenvalue weighted by Crippen LogP contribution is -2.45. The lowest BCUT2D eigenvalue weighted by molar-refractivity contribution is 0.285. The average Bonchev–Trinajstić information content (AvgIpc) is 2.82. The van der Waals surface area contributed by atoms with Crippen LogP contribution in [-0.2, 0) is 10.2 Å². The van der Waals surface area contributed by atoms with Crippen molar-refractivity contribution in [3.63, 3.8) is 0 Å². The van der Waals surface area contributed by atoms with Crippen LogP contribution in [0.5, 0.6) is 0 Å². The molecule has 2 aliphatic rings. The summed E-state index contributed by atoms with van der Waals surface area (Å²) in [4.78, 5) is 0. The van der Waals surface area contributed by atoms with Gasteiger partial charge in [-0.1, -0.05) is 6.92 Å². The van der Waals surface area contributed by atoms with Gasteiger partial charge in [-0.15, -0.1) is 12.4 Å². The van der Waals surface area contributed by atoms with Gasteiger partial charge in [-0.25, -0.2) is 4.72 Å². The normalized spacial score (nSPS) is 26.3. The Morgan fingerprint density at radius 3 is 2.53 bits per heavy atom. The number of hydrogen-bond acceptors (Lipinski definition) is 3. The molecular formula is C12H26ClN3O2S. The van der Waals surface area contributed by atoms with Gasteiger partial charge >= 0.3 is 0 Å². The molecule has 0 aromatic carbocycles. The molecule has 0 aliphatic carbocycles. The van der Waals surface area contributed by atoms with Crippen molar-refractivity contribution < 1.29 is 8.42 Å². The van der Waals surface area contributed by atoms with Crippen molar-refractivity contribution >= 4 is 22.6 Å². The van der Waals surface area contributed by atoms with Gasteiger partial charge in [0.25, 0.3) is 10.2 Å². The molecular weight excluding hydrogens is 286 g/mol. The van der Waals surface area contributed by atoms with Crippen molar-refractivity contribution in [2.45, 2.75) is 45.1 Å². The third-order valence-electron chi connectivity index (χ3n) is 4.02. The predicted molar refractivity (Wildman–Crippen MR) is 79.8 cm³/mol. The Morgan fingerprint density at radius 1 is 1.26 bits per heavy atom. The van der Waals surface area contributed by atoms with Crippen molar-refractivity contribution in [2.75, 3.05) is 26.2 Å². The summed E-state index contributed by atoms with van der Waals surface area (Å²) in [5, 5.41) is 3.38. The zero-order valence-corrected chi connectivity index (χ0v) is 13.2. The maximum Gasteiger partial charge on any atom is 0.279 e. The van der Waals surface area contributed by atoms with E-state index >= 15 is 0 Å². The number of rotatable bonds is 5. The highest BCUT2D eigenvalue weighted by atomic mass is 35.5. The van der Waals surface area contributed by atoms with Crippen LogP contribution in [0.3, 0.4) is 0 Å². The molecule has 0 amide bonds. The molecule has 0 aromatic heterocycles. The van der Waals surface area contributed by atoms with Gasteiger partial charge in [0.1, 0.15) is 0 Å². The van der Waals surface area contributed by atoms with Crippen LogP contribution in [0, 0.1) is 5.92 Å². The lowest BCUT2D eigenvalue weighted by atomic mass is 10.0. The molecule has 2 saturated heterocycles. The molecule has 114 valence electrons. The zero-order chi connectivity index (χ0) is 13.0. The fourth-order valence-electron chi connectivity index (χ4n) is 2.68. The van der Waals surface area contributed by atoms with Gasteiger partial charge in [0, 0.05) is 25.7 Å². The molecule has 0 radical (unpaired) electrons. The van der Waals surface area contributed by atoms with Gasteiger partial charge in [-0.05, 0) is 44.6 Å². The van der Waals surface area contributed by atoms with Gasteiger partial charge in [0.2, 0.25) is 0 Å². The first-order valence-electron chi connectivity index (χ1n) is 7.06. The van der Waals surface area contributed by atoms with Crippen molar-refractivity contribution in [1.29, 1.82) is 0 Å². The molecule has 19 heavy (non-hydrogen) atoms. The summed E-state index contributed by atoms with van der Waals surface area (Å²) in [6.45, 7) is 5.13. The molecule has 5 nitrogen and oxygen atoms in total. The Bertz CT molecular complexity index is 350. The highest BCUT2D eigenvalue weighted by molar-refractivity contribution is 7.87. The van der Waals surface area contributed by atoms with Crippen LogP contribution in [0.4, 0.5) is 0 Å². The van der Waals surface area contributed by atoms with E-state index in [-0.39, 0.29) is 12.4 Å². The molecule has 0 unspecified atom stereocenters. The van der Waals surface area contributed by atoms with Crippen LogP contribution < -0.4 is 10.0 Å². The lowest BCUT2D eigenvalue weighted by Gasteiger charge is -2.29. The first-order valence-corrected chi connectivity index (χ1v) is 8.50. The fraction of sp³-hybridized carbons (Fsp3) is 1.00. The number of halogens is 1. The van der Waals surface area contributed by atoms with Gasteiger partial charge in [0.15, 0.2) is 0 Å². The molecule has 2 heterocycles. The largest absolute Gasteiger partial charge is 0.314 e. The highest BCUT2D eigenvalue weighted by Crippen LogP contribution is 2.18. The molecule has 2 fully saturated rings. The third-order valence-corrected chi connectivity index (χ3v) is 5.64. The van der Waals surface area contributed by atoms with E-state index in [4.69, 9.17) is 0 Å². The van der Waals surface area contributed by atoms with Gasteiger partial charge in [0.05, 0.1) is 0 Å². The van der Waals surface area contributed by atoms with E-state index in [1.54, 1.807) is 4.31 Å². The van der Waals surface area contributed by atoms with Crippen molar-refractivity contribution in [3.8, 4) is 0 Å². The summed E-state index contributed by atoms with van der Waals surface area (Å²) in [5.74, 6) is 0.652. The summed E-state index contributed by atoms with van der Waals surface area (Å²) in [6, 6.07) is 0.495. The quantitative estimate of drug-likeness (QED) is 0.800. The van der Waals surface area contributed by atoms with Crippen LogP contribution in [0.15, 0.2) is 0 Å². The highest BCUT2D eigenvalue weighted by Gasteiger charge is 2.26. The van der Waals surface area contributed by atoms with Gasteiger partial charge in [-0.3, -0.25) is 0 Å². The molecule has 0 spiro atoms. The summed E-state index contributed by atoms with van der Waals surface area (Å²) in [5.41, 5.74) is 0. The summed E-state index contributed by atoms with van der Waals surface area (Å²) < 4.78 is 28.4. The monoisotopic (exact) mass is 311 g/mol. The van der Waals surface area contributed by atoms with E-state index in [0.717, 1.165) is 25.8 Å². The van der Waals surface area contributed by atoms with E-state index in [2.05, 4.69) is 17.0 Å². The van der Waals surface area contributed by atoms with E-state index in [0.29, 0.717) is 31.6 Å². The molecule has 2 rings (SSSR count). The van der Waals surface area contributed by atoms with Crippen molar-refractivity contribution in [2.24, 2.45) is 5.92 Å². The minimum atomic E-state index is -3.24. The third kappa shape index (κ3) is 5.19. The molecule has 2 aliphatic heterocycles. The van der Waals surface area contributed by atoms with Crippen LogP contribution in [0.2, 0.25) is 0 Å². The maximum absolute atomic E-state index is 12.1. The maximum atomic E-state index is 12.1. The molecule has 0 aromatic rings. The Kier molecular flexibility index (Phi) is 7.04. The Hall–Kier alpha value is 0.120. The van der Waals surface area contributed by atoms with E-state index in [9.17, 15) is 8.42 Å². The second-order valence-electron chi connectivity index (χ2n) is 5.56. The first kappa shape index (κ1) is 17.2. The van der Waals surface area contributed by atoms with Crippen LogP contribution in [0.1, 0.15) is 39.0 Å². The molecule has 1 atom stereocenters. The number of nitrogens with one attached hydrogen (secondary N) is 2. The average molecular weight is 312 g/mol. The second-order valence-corrected chi connectivity index (χ2v) is 7.32. The summed E-state index contributed by atoms with van der Waals surface area (Å²) >= 11 is 0. The minimum Gasteiger partial charge on any atom is -0.314 e. The minimum absolute atomic E-state index is 0. The predicted octanol–water partition coefficient (Wildman–Crippen LogP) is 1.12. The summed E-state index contributed by atoms with van der Waals surface area (Å²) in [6.07, 6.45) is 5.23. The van der Waals surface area contributed by atoms with Gasteiger partial charge < -0.3 is 5.32 Å². The molecule has 0 saturated carbocycles. The molecule has 2 N–H and O–H groups in total. The molecule has 0 bridgehead atoms. The fourth-order valence-corrected chi connectivity index (χ4v) is 3.93. The van der Waals surface area contributed by atoms with Crippen molar-refractivity contribution in [3.05, 3.63) is 0 Å². The van der Waals surface area contributed by atoms with Crippen molar-refractivity contribution in [1.82, 2.24) is 14.3 Å². The van der Waals surface area contributed by atoms with Crippen LogP contribution in [0.25, 0.3) is 0 Å². The number of piperidine rings is 1. The Balaban J connectivity index is 0.00000180. The second kappa shape index (κ2) is 7.78. The van der Waals surface area contributed by atoms with E-state index < -0.39 is 10.2 Å². The smallest absolute Gasteiger partial charge is 0.279 e. The standard InChI is InChI=1S/C12H25N3O2S.ClH/c1-11-5-9-15(10-6-11)18(16,17)14-8-4-12-3-2-7-13-12;/h11-14H,2-10H2,1H3;1H/t12-;/m1./s1. The first-order chi connectivity index (χ1) is 8.58. The SMILES string of the molecule is CC1CCN(S(=O)(=O)NCC[C@H]2CCCN2)CC1.Cl. The number of hydrogen-bond donors (Lipinski definition) is 2. The van der Waals surface area contributed by atoms with Gasteiger partial charge in [-0.2, -0.15) is 12.7 Å². The number of nitrogens with zero attached hydrogens (tertiary/aromatic N) is 1. The zero-order valence-electron chi connectivity index (χ0n) is 11.6. The van der Waals surface area contributed by atoms with E-state index in [1.165, 1.54) is 12.8 Å². The van der Waals surface area contributed by atoms with Crippen LogP contribution in [-0.4, -0.2) is 44.9 Å². The Morgan fingerprint density at radius 2 is 1.95 bits per heavy atom. The van der Waals surface area contributed by atoms with Crippen LogP contribution >= 0.6 is 12.4 Å². The van der Waals surface area contributed by atoms with E-state index in [1.807, 2.05) is 0 Å². The molecule has 7 heteroatoms. The Labute approximate surface area is 123 Å².